The molecule has 114 valence electrons. The highest BCUT2D eigenvalue weighted by Crippen LogP contribution is 2.32. The van der Waals surface area contributed by atoms with Crippen LogP contribution in [-0.2, 0) is 6.42 Å². The lowest BCUT2D eigenvalue weighted by Crippen LogP contribution is -2.34. The van der Waals surface area contributed by atoms with Gasteiger partial charge in [-0.25, -0.2) is 13.2 Å². The standard InChI is InChI=1S/C16H12F3NO2/c17-11-3-1-2-9(4-11)16(21)20-8-13-6-10-5-12(18)7-14(19)15(10)22-13/h1-5,7,13H,6,8H2,(H,20,21)/t13-/m1/s1. The van der Waals surface area contributed by atoms with Crippen molar-refractivity contribution in [3.8, 4) is 5.75 Å². The number of carbonyl (C=O) groups is 1. The molecule has 3 rings (SSSR count). The van der Waals surface area contributed by atoms with Gasteiger partial charge in [-0.3, -0.25) is 4.79 Å². The zero-order valence-electron chi connectivity index (χ0n) is 11.4. The highest BCUT2D eigenvalue weighted by Gasteiger charge is 2.27. The lowest BCUT2D eigenvalue weighted by Gasteiger charge is -2.12. The van der Waals surface area contributed by atoms with Crippen molar-refractivity contribution in [2.24, 2.45) is 0 Å². The first kappa shape index (κ1) is 14.4. The van der Waals surface area contributed by atoms with E-state index in [0.717, 1.165) is 12.1 Å². The maximum absolute atomic E-state index is 13.5. The number of rotatable bonds is 3. The van der Waals surface area contributed by atoms with E-state index in [0.29, 0.717) is 12.0 Å². The molecule has 1 atom stereocenters. The van der Waals surface area contributed by atoms with Crippen molar-refractivity contribution in [1.29, 1.82) is 0 Å². The highest BCUT2D eigenvalue weighted by molar-refractivity contribution is 5.94. The molecular weight excluding hydrogens is 295 g/mol. The Balaban J connectivity index is 1.62. The predicted octanol–water partition coefficient (Wildman–Crippen LogP) is 2.84. The minimum atomic E-state index is -0.756. The van der Waals surface area contributed by atoms with Crippen LogP contribution in [0.5, 0.6) is 5.75 Å². The molecule has 2 aromatic rings. The summed E-state index contributed by atoms with van der Waals surface area (Å²) >= 11 is 0. The zero-order valence-corrected chi connectivity index (χ0v) is 11.4. The number of amides is 1. The second-order valence-electron chi connectivity index (χ2n) is 5.04. The maximum atomic E-state index is 13.5. The largest absolute Gasteiger partial charge is 0.485 e. The number of hydrogen-bond acceptors (Lipinski definition) is 2. The minimum absolute atomic E-state index is 0.0198. The van der Waals surface area contributed by atoms with Gasteiger partial charge in [0, 0.05) is 23.6 Å². The first-order chi connectivity index (χ1) is 10.5. The van der Waals surface area contributed by atoms with Crippen molar-refractivity contribution in [3.05, 3.63) is 65.0 Å². The van der Waals surface area contributed by atoms with E-state index >= 15 is 0 Å². The van der Waals surface area contributed by atoms with E-state index in [2.05, 4.69) is 5.32 Å². The van der Waals surface area contributed by atoms with Crippen LogP contribution in [0, 0.1) is 17.5 Å². The van der Waals surface area contributed by atoms with Crippen molar-refractivity contribution in [2.45, 2.75) is 12.5 Å². The molecule has 0 bridgehead atoms. The van der Waals surface area contributed by atoms with Crippen LogP contribution in [0.4, 0.5) is 13.2 Å². The van der Waals surface area contributed by atoms with E-state index in [1.54, 1.807) is 0 Å². The Bertz CT molecular complexity index is 733. The van der Waals surface area contributed by atoms with Gasteiger partial charge in [-0.2, -0.15) is 0 Å². The quantitative estimate of drug-likeness (QED) is 0.947. The molecule has 1 N–H and O–H groups in total. The molecule has 0 unspecified atom stereocenters. The summed E-state index contributed by atoms with van der Waals surface area (Å²) in [5.41, 5.74) is 0.621. The van der Waals surface area contributed by atoms with Crippen LogP contribution < -0.4 is 10.1 Å². The first-order valence-corrected chi connectivity index (χ1v) is 6.71. The van der Waals surface area contributed by atoms with Gasteiger partial charge in [-0.05, 0) is 24.3 Å². The summed E-state index contributed by atoms with van der Waals surface area (Å²) in [6.45, 7) is 0.116. The molecule has 1 aliphatic heterocycles. The number of ether oxygens (including phenoxy) is 1. The van der Waals surface area contributed by atoms with Crippen LogP contribution >= 0.6 is 0 Å². The average Bonchev–Trinajstić information content (AvgIpc) is 2.88. The fourth-order valence-electron chi connectivity index (χ4n) is 2.40. The van der Waals surface area contributed by atoms with E-state index in [1.165, 1.54) is 24.3 Å². The van der Waals surface area contributed by atoms with Gasteiger partial charge < -0.3 is 10.1 Å². The van der Waals surface area contributed by atoms with Crippen molar-refractivity contribution < 1.29 is 22.7 Å². The Morgan fingerprint density at radius 2 is 2.00 bits per heavy atom. The molecule has 22 heavy (non-hydrogen) atoms. The lowest BCUT2D eigenvalue weighted by molar-refractivity contribution is 0.0932. The Kier molecular flexibility index (Phi) is 3.75. The number of benzene rings is 2. The fraction of sp³-hybridized carbons (Fsp3) is 0.188. The minimum Gasteiger partial charge on any atom is -0.485 e. The molecule has 3 nitrogen and oxygen atoms in total. The molecule has 2 aromatic carbocycles. The van der Waals surface area contributed by atoms with Crippen LogP contribution in [0.3, 0.4) is 0 Å². The third kappa shape index (κ3) is 2.90. The Morgan fingerprint density at radius 1 is 1.18 bits per heavy atom. The first-order valence-electron chi connectivity index (χ1n) is 6.71. The van der Waals surface area contributed by atoms with Gasteiger partial charge in [0.2, 0.25) is 0 Å². The van der Waals surface area contributed by atoms with Gasteiger partial charge in [-0.15, -0.1) is 0 Å². The van der Waals surface area contributed by atoms with Crippen molar-refractivity contribution in [2.75, 3.05) is 6.54 Å². The Hall–Kier alpha value is -2.50. The van der Waals surface area contributed by atoms with Gasteiger partial charge >= 0.3 is 0 Å². The van der Waals surface area contributed by atoms with Crippen LogP contribution in [0.25, 0.3) is 0 Å². The summed E-state index contributed by atoms with van der Waals surface area (Å²) in [5, 5.41) is 2.59. The molecular formula is C16H12F3NO2. The average molecular weight is 307 g/mol. The van der Waals surface area contributed by atoms with Gasteiger partial charge in [0.1, 0.15) is 17.7 Å². The molecule has 1 aliphatic rings. The smallest absolute Gasteiger partial charge is 0.251 e. The normalized spacial score (nSPS) is 16.0. The van der Waals surface area contributed by atoms with Gasteiger partial charge in [0.25, 0.3) is 5.91 Å². The Morgan fingerprint density at radius 3 is 2.77 bits per heavy atom. The van der Waals surface area contributed by atoms with Crippen molar-refractivity contribution in [1.82, 2.24) is 5.32 Å². The molecule has 6 heteroatoms. The van der Waals surface area contributed by atoms with Gasteiger partial charge in [0.05, 0.1) is 6.54 Å². The highest BCUT2D eigenvalue weighted by atomic mass is 19.1. The van der Waals surface area contributed by atoms with Crippen LogP contribution in [0.1, 0.15) is 15.9 Å². The van der Waals surface area contributed by atoms with Crippen molar-refractivity contribution >= 4 is 5.91 Å². The predicted molar refractivity (Wildman–Crippen MR) is 73.2 cm³/mol. The topological polar surface area (TPSA) is 38.3 Å². The van der Waals surface area contributed by atoms with E-state index in [4.69, 9.17) is 4.74 Å². The molecule has 0 spiro atoms. The third-order valence-electron chi connectivity index (χ3n) is 3.39. The number of fused-ring (bicyclic) bond motifs is 1. The molecule has 0 saturated carbocycles. The van der Waals surface area contributed by atoms with Gasteiger partial charge in [-0.1, -0.05) is 6.07 Å². The monoisotopic (exact) mass is 307 g/mol. The van der Waals surface area contributed by atoms with E-state index in [9.17, 15) is 18.0 Å². The maximum Gasteiger partial charge on any atom is 0.251 e. The van der Waals surface area contributed by atoms with E-state index < -0.39 is 29.5 Å². The molecule has 1 heterocycles. The number of nitrogens with one attached hydrogen (secondary N) is 1. The number of hydrogen-bond donors (Lipinski definition) is 1. The van der Waals surface area contributed by atoms with Crippen molar-refractivity contribution in [3.63, 3.8) is 0 Å². The van der Waals surface area contributed by atoms with E-state index in [-0.39, 0.29) is 17.9 Å². The Labute approximate surface area is 124 Å². The molecule has 0 radical (unpaired) electrons. The van der Waals surface area contributed by atoms with E-state index in [1.807, 2.05) is 0 Å². The SMILES string of the molecule is O=C(NC[C@H]1Cc2cc(F)cc(F)c2O1)c1cccc(F)c1. The third-order valence-corrected chi connectivity index (χ3v) is 3.39. The summed E-state index contributed by atoms with van der Waals surface area (Å²) in [6.07, 6.45) is -0.184. The lowest BCUT2D eigenvalue weighted by atomic mass is 10.1. The van der Waals surface area contributed by atoms with Crippen LogP contribution in [0.2, 0.25) is 0 Å². The van der Waals surface area contributed by atoms with Crippen LogP contribution in [-0.4, -0.2) is 18.6 Å². The zero-order chi connectivity index (χ0) is 15.7. The number of carbonyl (C=O) groups excluding carboxylic acids is 1. The summed E-state index contributed by atoms with van der Waals surface area (Å²) in [6, 6.07) is 7.25. The second kappa shape index (κ2) is 5.71. The number of halogens is 3. The summed E-state index contributed by atoms with van der Waals surface area (Å²) in [7, 11) is 0. The van der Waals surface area contributed by atoms with Crippen LogP contribution in [0.15, 0.2) is 36.4 Å². The van der Waals surface area contributed by atoms with Gasteiger partial charge in [0.15, 0.2) is 11.6 Å². The summed E-state index contributed by atoms with van der Waals surface area (Å²) in [5.74, 6) is -2.36. The molecule has 0 fully saturated rings. The summed E-state index contributed by atoms with van der Waals surface area (Å²) < 4.78 is 45.1. The second-order valence-corrected chi connectivity index (χ2v) is 5.04. The fourth-order valence-corrected chi connectivity index (χ4v) is 2.40. The summed E-state index contributed by atoms with van der Waals surface area (Å²) in [4.78, 5) is 11.9. The molecule has 0 saturated heterocycles. The molecule has 1 amide bonds. The molecule has 0 aromatic heterocycles. The molecule has 0 aliphatic carbocycles.